The highest BCUT2D eigenvalue weighted by atomic mass is 16.4. The van der Waals surface area contributed by atoms with Gasteiger partial charge in [-0.2, -0.15) is 0 Å². The van der Waals surface area contributed by atoms with Crippen molar-refractivity contribution in [2.75, 3.05) is 5.32 Å². The van der Waals surface area contributed by atoms with E-state index in [0.29, 0.717) is 17.1 Å². The number of nitrogens with zero attached hydrogens (tertiary/aromatic N) is 2. The molecular formula is C18H19N3O4. The summed E-state index contributed by atoms with van der Waals surface area (Å²) in [6.07, 6.45) is 3.22. The fraction of sp³-hybridized carbons (Fsp3) is 0.333. The summed E-state index contributed by atoms with van der Waals surface area (Å²) >= 11 is 0. The summed E-state index contributed by atoms with van der Waals surface area (Å²) in [6, 6.07) is 6.55. The number of hydrogen-bond acceptors (Lipinski definition) is 4. The van der Waals surface area contributed by atoms with Crippen LogP contribution in [-0.2, 0) is 16.6 Å². The number of carbonyl (C=O) groups excluding carboxylic acids is 2. The van der Waals surface area contributed by atoms with Crippen molar-refractivity contribution in [2.24, 2.45) is 24.3 Å². The molecule has 1 amide bonds. The number of benzene rings is 1. The van der Waals surface area contributed by atoms with Crippen molar-refractivity contribution >= 4 is 23.3 Å². The van der Waals surface area contributed by atoms with Gasteiger partial charge >= 0.3 is 5.97 Å². The molecule has 25 heavy (non-hydrogen) atoms. The van der Waals surface area contributed by atoms with E-state index in [1.54, 1.807) is 62.1 Å². The minimum atomic E-state index is -0.969. The van der Waals surface area contributed by atoms with Gasteiger partial charge in [-0.3, -0.25) is 14.4 Å². The molecule has 2 atom stereocenters. The molecule has 1 aliphatic rings. The van der Waals surface area contributed by atoms with Gasteiger partial charge < -0.3 is 15.0 Å². The molecule has 7 nitrogen and oxygen atoms in total. The first-order chi connectivity index (χ1) is 11.7. The second-order valence-electron chi connectivity index (χ2n) is 6.88. The summed E-state index contributed by atoms with van der Waals surface area (Å²) in [4.78, 5) is 40.1. The molecule has 1 aromatic carbocycles. The Morgan fingerprint density at radius 3 is 2.52 bits per heavy atom. The fourth-order valence-corrected chi connectivity index (χ4v) is 3.26. The number of aromatic nitrogens is 2. The van der Waals surface area contributed by atoms with E-state index in [1.807, 2.05) is 0 Å². The summed E-state index contributed by atoms with van der Waals surface area (Å²) in [5, 5.41) is 11.9. The van der Waals surface area contributed by atoms with E-state index >= 15 is 0 Å². The standard InChI is InChI=1S/C18H19N3O4/c1-18(2)12(13(18)17(24)25)16(23)20-11-6-4-5-10(9-11)14(22)15-19-7-8-21(15)3/h4-9,12-13H,1-3H3,(H,20,23)(H,24,25). The number of aliphatic carboxylic acids is 1. The molecule has 3 rings (SSSR count). The van der Waals surface area contributed by atoms with E-state index in [9.17, 15) is 19.5 Å². The first kappa shape index (κ1) is 16.9. The van der Waals surface area contributed by atoms with Crippen molar-refractivity contribution in [3.63, 3.8) is 0 Å². The number of rotatable bonds is 5. The largest absolute Gasteiger partial charge is 0.481 e. The maximum absolute atomic E-state index is 12.5. The number of carboxylic acids is 1. The third-order valence-corrected chi connectivity index (χ3v) is 4.79. The van der Waals surface area contributed by atoms with Crippen LogP contribution >= 0.6 is 0 Å². The van der Waals surface area contributed by atoms with Crippen LogP contribution in [0.2, 0.25) is 0 Å². The van der Waals surface area contributed by atoms with Gasteiger partial charge in [-0.25, -0.2) is 4.98 Å². The molecule has 2 N–H and O–H groups in total. The molecule has 1 saturated carbocycles. The Kier molecular flexibility index (Phi) is 3.94. The van der Waals surface area contributed by atoms with Crippen LogP contribution in [-0.4, -0.2) is 32.3 Å². The van der Waals surface area contributed by atoms with Gasteiger partial charge in [0.25, 0.3) is 0 Å². The molecule has 2 unspecified atom stereocenters. The fourth-order valence-electron chi connectivity index (χ4n) is 3.26. The molecule has 0 aliphatic heterocycles. The van der Waals surface area contributed by atoms with E-state index in [-0.39, 0.29) is 11.7 Å². The van der Waals surface area contributed by atoms with Crippen LogP contribution in [0.3, 0.4) is 0 Å². The first-order valence-electron chi connectivity index (χ1n) is 7.89. The Labute approximate surface area is 144 Å². The predicted molar refractivity (Wildman–Crippen MR) is 90.1 cm³/mol. The molecule has 1 heterocycles. The minimum Gasteiger partial charge on any atom is -0.481 e. The maximum atomic E-state index is 12.5. The molecular weight excluding hydrogens is 322 g/mol. The normalized spacial score (nSPS) is 20.8. The van der Waals surface area contributed by atoms with Crippen LogP contribution in [0.5, 0.6) is 0 Å². The van der Waals surface area contributed by atoms with Gasteiger partial charge in [-0.05, 0) is 17.5 Å². The molecule has 130 valence electrons. The smallest absolute Gasteiger partial charge is 0.307 e. The van der Waals surface area contributed by atoms with Crippen LogP contribution in [0.25, 0.3) is 0 Å². The SMILES string of the molecule is Cn1ccnc1C(=O)c1cccc(NC(=O)C2C(C(=O)O)C2(C)C)c1. The Balaban J connectivity index is 1.77. The number of ketones is 1. The molecule has 0 bridgehead atoms. The van der Waals surface area contributed by atoms with Crippen molar-refractivity contribution in [3.05, 3.63) is 48.0 Å². The number of hydrogen-bond donors (Lipinski definition) is 2. The first-order valence-corrected chi connectivity index (χ1v) is 7.89. The Morgan fingerprint density at radius 1 is 1.24 bits per heavy atom. The summed E-state index contributed by atoms with van der Waals surface area (Å²) in [5.41, 5.74) is 0.282. The molecule has 0 saturated heterocycles. The Morgan fingerprint density at radius 2 is 1.96 bits per heavy atom. The summed E-state index contributed by atoms with van der Waals surface area (Å²) < 4.78 is 1.62. The summed E-state index contributed by atoms with van der Waals surface area (Å²) in [5.74, 6) is -2.54. The minimum absolute atomic E-state index is 0.251. The van der Waals surface area contributed by atoms with E-state index in [0.717, 1.165) is 0 Å². The second-order valence-corrected chi connectivity index (χ2v) is 6.88. The van der Waals surface area contributed by atoms with Gasteiger partial charge in [-0.15, -0.1) is 0 Å². The highest BCUT2D eigenvalue weighted by Crippen LogP contribution is 2.58. The van der Waals surface area contributed by atoms with Crippen LogP contribution in [0, 0.1) is 17.3 Å². The number of aryl methyl sites for hydroxylation is 1. The Bertz CT molecular complexity index is 869. The maximum Gasteiger partial charge on any atom is 0.307 e. The lowest BCUT2D eigenvalue weighted by Gasteiger charge is -2.08. The topological polar surface area (TPSA) is 101 Å². The van der Waals surface area contributed by atoms with Gasteiger partial charge in [0.1, 0.15) is 0 Å². The monoisotopic (exact) mass is 341 g/mol. The lowest BCUT2D eigenvalue weighted by molar-refractivity contribution is -0.140. The van der Waals surface area contributed by atoms with Crippen molar-refractivity contribution in [1.82, 2.24) is 9.55 Å². The van der Waals surface area contributed by atoms with E-state index < -0.39 is 23.2 Å². The Hall–Kier alpha value is -2.96. The van der Waals surface area contributed by atoms with E-state index in [1.165, 1.54) is 0 Å². The number of carbonyl (C=O) groups is 3. The molecule has 0 spiro atoms. The third kappa shape index (κ3) is 2.93. The number of imidazole rings is 1. The van der Waals surface area contributed by atoms with E-state index in [4.69, 9.17) is 0 Å². The molecule has 7 heteroatoms. The number of carboxylic acid groups (broad SMARTS) is 1. The van der Waals surface area contributed by atoms with Crippen molar-refractivity contribution < 1.29 is 19.5 Å². The average molecular weight is 341 g/mol. The zero-order chi connectivity index (χ0) is 18.4. The van der Waals surface area contributed by atoms with Gasteiger partial charge in [0.2, 0.25) is 11.7 Å². The predicted octanol–water partition coefficient (Wildman–Crippen LogP) is 1.95. The van der Waals surface area contributed by atoms with Crippen LogP contribution < -0.4 is 5.32 Å². The second kappa shape index (κ2) is 5.84. The summed E-state index contributed by atoms with van der Waals surface area (Å²) in [6.45, 7) is 3.52. The van der Waals surface area contributed by atoms with Crippen LogP contribution in [0.1, 0.15) is 30.0 Å². The van der Waals surface area contributed by atoms with Gasteiger partial charge in [0.05, 0.1) is 11.8 Å². The molecule has 1 aromatic heterocycles. The highest BCUT2D eigenvalue weighted by Gasteiger charge is 2.65. The van der Waals surface area contributed by atoms with Crippen LogP contribution in [0.15, 0.2) is 36.7 Å². The number of anilines is 1. The zero-order valence-corrected chi connectivity index (χ0v) is 14.2. The number of nitrogens with one attached hydrogen (secondary N) is 1. The van der Waals surface area contributed by atoms with Crippen molar-refractivity contribution in [2.45, 2.75) is 13.8 Å². The molecule has 2 aromatic rings. The lowest BCUT2D eigenvalue weighted by atomic mass is 10.1. The van der Waals surface area contributed by atoms with Crippen LogP contribution in [0.4, 0.5) is 5.69 Å². The molecule has 0 radical (unpaired) electrons. The third-order valence-electron chi connectivity index (χ3n) is 4.79. The summed E-state index contributed by atoms with van der Waals surface area (Å²) in [7, 11) is 1.73. The van der Waals surface area contributed by atoms with Gasteiger partial charge in [0.15, 0.2) is 5.82 Å². The van der Waals surface area contributed by atoms with Gasteiger partial charge in [-0.1, -0.05) is 26.0 Å². The average Bonchev–Trinajstić information content (AvgIpc) is 2.89. The van der Waals surface area contributed by atoms with Crippen molar-refractivity contribution in [1.29, 1.82) is 0 Å². The van der Waals surface area contributed by atoms with E-state index in [2.05, 4.69) is 10.3 Å². The molecule has 1 fully saturated rings. The van der Waals surface area contributed by atoms with Crippen molar-refractivity contribution in [3.8, 4) is 0 Å². The lowest BCUT2D eigenvalue weighted by Crippen LogP contribution is -2.18. The zero-order valence-electron chi connectivity index (χ0n) is 14.2. The highest BCUT2D eigenvalue weighted by molar-refractivity contribution is 6.08. The molecule has 1 aliphatic carbocycles. The van der Waals surface area contributed by atoms with Gasteiger partial charge in [0, 0.05) is 30.7 Å². The quantitative estimate of drug-likeness (QED) is 0.810. The number of amides is 1.